The van der Waals surface area contributed by atoms with Crippen LogP contribution in [0.1, 0.15) is 49.9 Å². The lowest BCUT2D eigenvalue weighted by atomic mass is 9.79. The zero-order chi connectivity index (χ0) is 13.0. The Morgan fingerprint density at radius 1 is 1.33 bits per heavy atom. The largest absolute Gasteiger partial charge is 0.349 e. The van der Waals surface area contributed by atoms with E-state index in [1.165, 1.54) is 12.8 Å². The highest BCUT2D eigenvalue weighted by Gasteiger charge is 2.24. The number of aromatic nitrogens is 1. The molecule has 1 N–H and O–H groups in total. The van der Waals surface area contributed by atoms with Crippen LogP contribution in [0.4, 0.5) is 0 Å². The summed E-state index contributed by atoms with van der Waals surface area (Å²) in [5, 5.41) is 3.12. The van der Waals surface area contributed by atoms with E-state index in [9.17, 15) is 4.79 Å². The van der Waals surface area contributed by atoms with Crippen LogP contribution in [0.3, 0.4) is 0 Å². The van der Waals surface area contributed by atoms with Crippen molar-refractivity contribution in [3.8, 4) is 0 Å². The van der Waals surface area contributed by atoms with Gasteiger partial charge in [0.2, 0.25) is 0 Å². The first-order valence-corrected chi connectivity index (χ1v) is 6.87. The number of rotatable bonds is 3. The second kappa shape index (κ2) is 5.98. The van der Waals surface area contributed by atoms with Crippen molar-refractivity contribution in [2.24, 2.45) is 11.8 Å². The van der Waals surface area contributed by atoms with Crippen LogP contribution >= 0.6 is 0 Å². The quantitative estimate of drug-likeness (QED) is 0.890. The minimum atomic E-state index is 0.0103. The molecule has 3 heteroatoms. The molecule has 1 saturated carbocycles. The summed E-state index contributed by atoms with van der Waals surface area (Å²) in [7, 11) is 0. The van der Waals surface area contributed by atoms with E-state index >= 15 is 0 Å². The SMILES string of the molecule is CC(C)C1CCC(NC(=O)c2cccnc2)CC1. The van der Waals surface area contributed by atoms with Gasteiger partial charge in [0.05, 0.1) is 5.56 Å². The van der Waals surface area contributed by atoms with Gasteiger partial charge in [-0.15, -0.1) is 0 Å². The van der Waals surface area contributed by atoms with Gasteiger partial charge < -0.3 is 5.32 Å². The van der Waals surface area contributed by atoms with Gasteiger partial charge in [0.25, 0.3) is 5.91 Å². The molecule has 0 spiro atoms. The predicted octanol–water partition coefficient (Wildman–Crippen LogP) is 3.03. The van der Waals surface area contributed by atoms with Crippen molar-refractivity contribution >= 4 is 5.91 Å². The summed E-state index contributed by atoms with van der Waals surface area (Å²) >= 11 is 0. The first-order chi connectivity index (χ1) is 8.66. The van der Waals surface area contributed by atoms with Gasteiger partial charge in [-0.1, -0.05) is 13.8 Å². The highest BCUT2D eigenvalue weighted by molar-refractivity contribution is 5.93. The van der Waals surface area contributed by atoms with Crippen LogP contribution in [0.15, 0.2) is 24.5 Å². The number of hydrogen-bond acceptors (Lipinski definition) is 2. The number of hydrogen-bond donors (Lipinski definition) is 1. The minimum Gasteiger partial charge on any atom is -0.349 e. The van der Waals surface area contributed by atoms with Gasteiger partial charge in [-0.3, -0.25) is 9.78 Å². The Labute approximate surface area is 109 Å². The Balaban J connectivity index is 1.83. The lowest BCUT2D eigenvalue weighted by Crippen LogP contribution is -2.38. The molecule has 1 aromatic heterocycles. The van der Waals surface area contributed by atoms with Gasteiger partial charge >= 0.3 is 0 Å². The summed E-state index contributed by atoms with van der Waals surface area (Å²) in [6.07, 6.45) is 7.98. The molecular formula is C15H22N2O. The monoisotopic (exact) mass is 246 g/mol. The zero-order valence-electron chi connectivity index (χ0n) is 11.2. The topological polar surface area (TPSA) is 42.0 Å². The van der Waals surface area contributed by atoms with E-state index in [1.807, 2.05) is 6.07 Å². The standard InChI is InChI=1S/C15H22N2O/c1-11(2)12-5-7-14(8-6-12)17-15(18)13-4-3-9-16-10-13/h3-4,9-12,14H,5-8H2,1-2H3,(H,17,18). The molecule has 1 amide bonds. The van der Waals surface area contributed by atoms with Gasteiger partial charge in [-0.05, 0) is 49.7 Å². The molecule has 0 radical (unpaired) electrons. The van der Waals surface area contributed by atoms with E-state index in [-0.39, 0.29) is 5.91 Å². The normalized spacial score (nSPS) is 23.9. The van der Waals surface area contributed by atoms with Crippen molar-refractivity contribution in [2.75, 3.05) is 0 Å². The second-order valence-corrected chi connectivity index (χ2v) is 5.57. The highest BCUT2D eigenvalue weighted by atomic mass is 16.1. The van der Waals surface area contributed by atoms with Crippen molar-refractivity contribution in [1.29, 1.82) is 0 Å². The summed E-state index contributed by atoms with van der Waals surface area (Å²) in [4.78, 5) is 16.0. The summed E-state index contributed by atoms with van der Waals surface area (Å²) in [5.74, 6) is 1.60. The average molecular weight is 246 g/mol. The van der Waals surface area contributed by atoms with E-state index in [0.717, 1.165) is 24.7 Å². The molecule has 0 atom stereocenters. The number of carbonyl (C=O) groups is 1. The predicted molar refractivity (Wildman–Crippen MR) is 72.3 cm³/mol. The Kier molecular flexibility index (Phi) is 4.34. The second-order valence-electron chi connectivity index (χ2n) is 5.57. The first-order valence-electron chi connectivity index (χ1n) is 6.87. The molecule has 1 aliphatic rings. The van der Waals surface area contributed by atoms with Gasteiger partial charge in [0.15, 0.2) is 0 Å². The van der Waals surface area contributed by atoms with E-state index in [0.29, 0.717) is 11.6 Å². The fourth-order valence-electron chi connectivity index (χ4n) is 2.70. The van der Waals surface area contributed by atoms with Crippen LogP contribution < -0.4 is 5.32 Å². The minimum absolute atomic E-state index is 0.0103. The fraction of sp³-hybridized carbons (Fsp3) is 0.600. The maximum Gasteiger partial charge on any atom is 0.253 e. The Morgan fingerprint density at radius 2 is 2.06 bits per heavy atom. The number of pyridine rings is 1. The third-order valence-electron chi connectivity index (χ3n) is 3.97. The smallest absolute Gasteiger partial charge is 0.253 e. The van der Waals surface area contributed by atoms with Crippen molar-refractivity contribution < 1.29 is 4.79 Å². The highest BCUT2D eigenvalue weighted by Crippen LogP contribution is 2.29. The Morgan fingerprint density at radius 3 is 2.61 bits per heavy atom. The van der Waals surface area contributed by atoms with Gasteiger partial charge in [0, 0.05) is 18.4 Å². The van der Waals surface area contributed by atoms with E-state index < -0.39 is 0 Å². The maximum absolute atomic E-state index is 12.0. The van der Waals surface area contributed by atoms with E-state index in [1.54, 1.807) is 18.5 Å². The fourth-order valence-corrected chi connectivity index (χ4v) is 2.70. The molecular weight excluding hydrogens is 224 g/mol. The van der Waals surface area contributed by atoms with Crippen LogP contribution in [0.5, 0.6) is 0 Å². The lowest BCUT2D eigenvalue weighted by molar-refractivity contribution is 0.0917. The molecule has 1 fully saturated rings. The molecule has 98 valence electrons. The Bertz CT molecular complexity index is 381. The molecule has 3 nitrogen and oxygen atoms in total. The molecule has 0 aliphatic heterocycles. The van der Waals surface area contributed by atoms with Crippen LogP contribution in [0.25, 0.3) is 0 Å². The average Bonchev–Trinajstić information content (AvgIpc) is 2.40. The maximum atomic E-state index is 12.0. The van der Waals surface area contributed by atoms with Crippen molar-refractivity contribution in [3.05, 3.63) is 30.1 Å². The molecule has 1 aromatic rings. The molecule has 2 rings (SSSR count). The number of nitrogens with zero attached hydrogens (tertiary/aromatic N) is 1. The number of carbonyl (C=O) groups excluding carboxylic acids is 1. The summed E-state index contributed by atoms with van der Waals surface area (Å²) in [5.41, 5.74) is 0.656. The summed E-state index contributed by atoms with van der Waals surface area (Å²) in [6, 6.07) is 3.94. The lowest BCUT2D eigenvalue weighted by Gasteiger charge is -2.31. The third kappa shape index (κ3) is 3.31. The van der Waals surface area contributed by atoms with Crippen LogP contribution in [-0.4, -0.2) is 16.9 Å². The molecule has 1 aliphatic carbocycles. The van der Waals surface area contributed by atoms with Gasteiger partial charge in [-0.25, -0.2) is 0 Å². The number of amides is 1. The van der Waals surface area contributed by atoms with Crippen LogP contribution in [0.2, 0.25) is 0 Å². The molecule has 0 unspecified atom stereocenters. The van der Waals surface area contributed by atoms with Gasteiger partial charge in [0.1, 0.15) is 0 Å². The first kappa shape index (κ1) is 13.1. The molecule has 0 aromatic carbocycles. The van der Waals surface area contributed by atoms with Crippen molar-refractivity contribution in [2.45, 2.75) is 45.6 Å². The van der Waals surface area contributed by atoms with E-state index in [2.05, 4.69) is 24.1 Å². The van der Waals surface area contributed by atoms with Crippen molar-refractivity contribution in [3.63, 3.8) is 0 Å². The molecule has 18 heavy (non-hydrogen) atoms. The number of nitrogens with one attached hydrogen (secondary N) is 1. The van der Waals surface area contributed by atoms with Crippen LogP contribution in [0, 0.1) is 11.8 Å². The summed E-state index contributed by atoms with van der Waals surface area (Å²) in [6.45, 7) is 4.58. The Hall–Kier alpha value is -1.38. The molecule has 0 bridgehead atoms. The third-order valence-corrected chi connectivity index (χ3v) is 3.97. The molecule has 1 heterocycles. The van der Waals surface area contributed by atoms with Crippen molar-refractivity contribution in [1.82, 2.24) is 10.3 Å². The van der Waals surface area contributed by atoms with Crippen LogP contribution in [-0.2, 0) is 0 Å². The zero-order valence-corrected chi connectivity index (χ0v) is 11.2. The molecule has 0 saturated heterocycles. The van der Waals surface area contributed by atoms with Gasteiger partial charge in [-0.2, -0.15) is 0 Å². The summed E-state index contributed by atoms with van der Waals surface area (Å²) < 4.78 is 0. The van der Waals surface area contributed by atoms with E-state index in [4.69, 9.17) is 0 Å².